The maximum Gasteiger partial charge on any atom is 0.106 e. The van der Waals surface area contributed by atoms with Gasteiger partial charge in [0.2, 0.25) is 0 Å². The summed E-state index contributed by atoms with van der Waals surface area (Å²) in [6.07, 6.45) is 8.43. The van der Waals surface area contributed by atoms with Crippen molar-refractivity contribution in [1.82, 2.24) is 10.2 Å². The molecule has 3 nitrogen and oxygen atoms in total. The van der Waals surface area contributed by atoms with E-state index in [0.717, 1.165) is 37.8 Å². The van der Waals surface area contributed by atoms with Gasteiger partial charge in [-0.2, -0.15) is 5.26 Å². The first-order valence-corrected chi connectivity index (χ1v) is 7.89. The Morgan fingerprint density at radius 2 is 2.05 bits per heavy atom. The molecule has 0 spiro atoms. The van der Waals surface area contributed by atoms with Crippen LogP contribution in [0.3, 0.4) is 0 Å². The predicted octanol–water partition coefficient (Wildman–Crippen LogP) is 3.17. The first kappa shape index (κ1) is 16.5. The quantitative estimate of drug-likeness (QED) is 0.768. The molecule has 1 N–H and O–H groups in total. The predicted molar refractivity (Wildman–Crippen MR) is 81.0 cm³/mol. The van der Waals surface area contributed by atoms with Crippen LogP contribution in [0.5, 0.6) is 0 Å². The van der Waals surface area contributed by atoms with E-state index in [1.807, 2.05) is 7.05 Å². The van der Waals surface area contributed by atoms with Crippen molar-refractivity contribution in [3.63, 3.8) is 0 Å². The number of nitrogens with zero attached hydrogens (tertiary/aromatic N) is 2. The SMILES string of the molecule is CCC(C#N)(CCCN(C)C1CCCCC1C)NC. The highest BCUT2D eigenvalue weighted by Crippen LogP contribution is 2.27. The second-order valence-electron chi connectivity index (χ2n) is 6.21. The number of hydrogen-bond acceptors (Lipinski definition) is 3. The monoisotopic (exact) mass is 265 g/mol. The van der Waals surface area contributed by atoms with Crippen LogP contribution in [0.2, 0.25) is 0 Å². The van der Waals surface area contributed by atoms with Gasteiger partial charge >= 0.3 is 0 Å². The van der Waals surface area contributed by atoms with E-state index in [1.165, 1.54) is 25.7 Å². The molecule has 0 aromatic heterocycles. The smallest absolute Gasteiger partial charge is 0.106 e. The number of nitriles is 1. The highest BCUT2D eigenvalue weighted by molar-refractivity contribution is 5.05. The zero-order chi connectivity index (χ0) is 14.3. The van der Waals surface area contributed by atoms with Crippen molar-refractivity contribution in [2.75, 3.05) is 20.6 Å². The van der Waals surface area contributed by atoms with Crippen LogP contribution >= 0.6 is 0 Å². The molecule has 1 fully saturated rings. The molecule has 3 atom stereocenters. The molecule has 0 bridgehead atoms. The summed E-state index contributed by atoms with van der Waals surface area (Å²) in [7, 11) is 4.16. The maximum absolute atomic E-state index is 9.31. The molecule has 3 unspecified atom stereocenters. The van der Waals surface area contributed by atoms with Gasteiger partial charge < -0.3 is 10.2 Å². The molecule has 1 rings (SSSR count). The van der Waals surface area contributed by atoms with Gasteiger partial charge in [0.25, 0.3) is 0 Å². The van der Waals surface area contributed by atoms with Crippen molar-refractivity contribution in [3.8, 4) is 6.07 Å². The number of nitrogens with one attached hydrogen (secondary N) is 1. The molecule has 1 aliphatic rings. The lowest BCUT2D eigenvalue weighted by atomic mass is 9.85. The number of rotatable bonds is 7. The first-order chi connectivity index (χ1) is 9.08. The van der Waals surface area contributed by atoms with Crippen LogP contribution in [0.15, 0.2) is 0 Å². The maximum atomic E-state index is 9.31. The van der Waals surface area contributed by atoms with Crippen LogP contribution in [-0.2, 0) is 0 Å². The van der Waals surface area contributed by atoms with E-state index in [0.29, 0.717) is 0 Å². The average Bonchev–Trinajstić information content (AvgIpc) is 2.44. The van der Waals surface area contributed by atoms with Gasteiger partial charge in [0.15, 0.2) is 0 Å². The summed E-state index contributed by atoms with van der Waals surface area (Å²) >= 11 is 0. The second-order valence-corrected chi connectivity index (χ2v) is 6.21. The van der Waals surface area contributed by atoms with Crippen molar-refractivity contribution < 1.29 is 0 Å². The Morgan fingerprint density at radius 3 is 2.58 bits per heavy atom. The summed E-state index contributed by atoms with van der Waals surface area (Å²) in [6, 6.07) is 3.20. The summed E-state index contributed by atoms with van der Waals surface area (Å²) < 4.78 is 0. The van der Waals surface area contributed by atoms with Gasteiger partial charge in [-0.1, -0.05) is 26.7 Å². The van der Waals surface area contributed by atoms with E-state index in [4.69, 9.17) is 0 Å². The van der Waals surface area contributed by atoms with E-state index >= 15 is 0 Å². The van der Waals surface area contributed by atoms with Crippen LogP contribution in [0.25, 0.3) is 0 Å². The molecule has 0 saturated heterocycles. The number of hydrogen-bond donors (Lipinski definition) is 1. The van der Waals surface area contributed by atoms with Crippen LogP contribution in [0, 0.1) is 17.2 Å². The Morgan fingerprint density at radius 1 is 1.37 bits per heavy atom. The lowest BCUT2D eigenvalue weighted by Crippen LogP contribution is -2.43. The molecule has 0 aromatic carbocycles. The third kappa shape index (κ3) is 4.47. The summed E-state index contributed by atoms with van der Waals surface area (Å²) in [5.74, 6) is 0.829. The molecule has 110 valence electrons. The van der Waals surface area contributed by atoms with E-state index in [-0.39, 0.29) is 5.54 Å². The Labute approximate surface area is 119 Å². The van der Waals surface area contributed by atoms with E-state index in [1.54, 1.807) is 0 Å². The first-order valence-electron chi connectivity index (χ1n) is 7.89. The molecule has 19 heavy (non-hydrogen) atoms. The van der Waals surface area contributed by atoms with Crippen LogP contribution in [-0.4, -0.2) is 37.1 Å². The highest BCUT2D eigenvalue weighted by atomic mass is 15.1. The Hall–Kier alpha value is -0.590. The third-order valence-corrected chi connectivity index (χ3v) is 5.04. The fourth-order valence-electron chi connectivity index (χ4n) is 3.42. The van der Waals surface area contributed by atoms with Crippen molar-refractivity contribution >= 4 is 0 Å². The Balaban J connectivity index is 2.37. The fourth-order valence-corrected chi connectivity index (χ4v) is 3.42. The van der Waals surface area contributed by atoms with Gasteiger partial charge in [-0.05, 0) is 58.7 Å². The largest absolute Gasteiger partial charge is 0.303 e. The molecular formula is C16H31N3. The van der Waals surface area contributed by atoms with Gasteiger partial charge in [-0.25, -0.2) is 0 Å². The molecule has 1 saturated carbocycles. The van der Waals surface area contributed by atoms with Crippen LogP contribution < -0.4 is 5.32 Å². The zero-order valence-corrected chi connectivity index (χ0v) is 13.2. The van der Waals surface area contributed by atoms with Gasteiger partial charge in [0.1, 0.15) is 5.54 Å². The van der Waals surface area contributed by atoms with Gasteiger partial charge in [-0.15, -0.1) is 0 Å². The normalized spacial score (nSPS) is 26.9. The average molecular weight is 265 g/mol. The lowest BCUT2D eigenvalue weighted by molar-refractivity contribution is 0.135. The Kier molecular flexibility index (Phi) is 6.82. The lowest BCUT2D eigenvalue weighted by Gasteiger charge is -2.36. The van der Waals surface area contributed by atoms with Gasteiger partial charge in [-0.3, -0.25) is 0 Å². The molecule has 1 aliphatic carbocycles. The third-order valence-electron chi connectivity index (χ3n) is 5.04. The minimum Gasteiger partial charge on any atom is -0.303 e. The van der Waals surface area contributed by atoms with Crippen molar-refractivity contribution in [2.24, 2.45) is 5.92 Å². The molecule has 0 aromatic rings. The minimum absolute atomic E-state index is 0.320. The standard InChI is InChI=1S/C16H31N3/c1-5-16(13-17,18-3)11-8-12-19(4)15-10-7-6-9-14(15)2/h14-15,18H,5-12H2,1-4H3. The van der Waals surface area contributed by atoms with Crippen LogP contribution in [0.4, 0.5) is 0 Å². The topological polar surface area (TPSA) is 39.1 Å². The highest BCUT2D eigenvalue weighted by Gasteiger charge is 2.27. The molecule has 3 heteroatoms. The molecule has 0 heterocycles. The molecule has 0 aliphatic heterocycles. The fraction of sp³-hybridized carbons (Fsp3) is 0.938. The van der Waals surface area contributed by atoms with E-state index < -0.39 is 0 Å². The second kappa shape index (κ2) is 7.87. The summed E-state index contributed by atoms with van der Waals surface area (Å²) in [4.78, 5) is 2.53. The van der Waals surface area contributed by atoms with Gasteiger partial charge in [0.05, 0.1) is 6.07 Å². The Bertz CT molecular complexity index is 291. The van der Waals surface area contributed by atoms with Gasteiger partial charge in [0, 0.05) is 6.04 Å². The van der Waals surface area contributed by atoms with Crippen molar-refractivity contribution in [1.29, 1.82) is 5.26 Å². The molecule has 0 amide bonds. The van der Waals surface area contributed by atoms with Crippen molar-refractivity contribution in [3.05, 3.63) is 0 Å². The van der Waals surface area contributed by atoms with E-state index in [9.17, 15) is 5.26 Å². The molecule has 0 radical (unpaired) electrons. The summed E-state index contributed by atoms with van der Waals surface area (Å²) in [5.41, 5.74) is -0.320. The van der Waals surface area contributed by atoms with E-state index in [2.05, 4.69) is 37.2 Å². The minimum atomic E-state index is -0.320. The zero-order valence-electron chi connectivity index (χ0n) is 13.2. The molecular weight excluding hydrogens is 234 g/mol. The van der Waals surface area contributed by atoms with Crippen molar-refractivity contribution in [2.45, 2.75) is 70.4 Å². The summed E-state index contributed by atoms with van der Waals surface area (Å²) in [6.45, 7) is 5.59. The van der Waals surface area contributed by atoms with Crippen LogP contribution in [0.1, 0.15) is 58.8 Å². The summed E-state index contributed by atoms with van der Waals surface area (Å²) in [5, 5.41) is 12.5.